The van der Waals surface area contributed by atoms with Gasteiger partial charge >= 0.3 is 0 Å². The van der Waals surface area contributed by atoms with Crippen LogP contribution in [0.1, 0.15) is 42.6 Å². The first-order chi connectivity index (χ1) is 15.9. The molecule has 0 spiro atoms. The molecule has 2 aromatic carbocycles. The minimum absolute atomic E-state index is 0.116. The van der Waals surface area contributed by atoms with E-state index in [9.17, 15) is 9.59 Å². The Morgan fingerprint density at radius 2 is 1.97 bits per heavy atom. The average molecular weight is 484 g/mol. The van der Waals surface area contributed by atoms with Crippen molar-refractivity contribution in [2.24, 2.45) is 11.8 Å². The molecule has 2 atom stereocenters. The monoisotopic (exact) mass is 483 g/mol. The molecule has 0 unspecified atom stereocenters. The van der Waals surface area contributed by atoms with Crippen LogP contribution >= 0.6 is 23.4 Å². The van der Waals surface area contributed by atoms with Gasteiger partial charge in [0.1, 0.15) is 0 Å². The van der Waals surface area contributed by atoms with Gasteiger partial charge in [0, 0.05) is 35.1 Å². The highest BCUT2D eigenvalue weighted by atomic mass is 35.5. The van der Waals surface area contributed by atoms with Crippen LogP contribution in [0, 0.1) is 11.8 Å². The maximum absolute atomic E-state index is 12.6. The van der Waals surface area contributed by atoms with Crippen LogP contribution in [0.5, 0.6) is 0 Å². The third kappa shape index (κ3) is 6.19. The Balaban J connectivity index is 1.33. The molecule has 1 fully saturated rings. The van der Waals surface area contributed by atoms with E-state index in [1.165, 1.54) is 18.2 Å². The second-order valence-electron chi connectivity index (χ2n) is 9.11. The molecule has 1 saturated heterocycles. The topological polar surface area (TPSA) is 61.4 Å². The molecule has 0 bridgehead atoms. The fraction of sp³-hybridized carbons (Fsp3) is 0.385. The second-order valence-corrected chi connectivity index (χ2v) is 10.6. The number of benzene rings is 2. The van der Waals surface area contributed by atoms with Crippen molar-refractivity contribution >= 4 is 46.9 Å². The van der Waals surface area contributed by atoms with Gasteiger partial charge in [0.15, 0.2) is 0 Å². The van der Waals surface area contributed by atoms with E-state index >= 15 is 0 Å². The standard InChI is InChI=1S/C26H30ClN3O2S/c1-17-12-18(2)16-30(15-17)11-5-10-28-25(31)20-8-9-23-22(13-20)29-26(32)24(33-23)14-19-6-3-4-7-21(19)27/h3-4,6-9,13-14,17-18H,5,10-12,15-16H2,1-2H3,(H,28,31)(H,29,32)/b24-14+/t17-,18-/m1/s1. The molecule has 2 amide bonds. The molecule has 4 rings (SSSR count). The van der Waals surface area contributed by atoms with Crippen molar-refractivity contribution < 1.29 is 9.59 Å². The van der Waals surface area contributed by atoms with Crippen molar-refractivity contribution in [3.8, 4) is 0 Å². The molecule has 2 aromatic rings. The van der Waals surface area contributed by atoms with Crippen LogP contribution in [-0.4, -0.2) is 42.9 Å². The fourth-order valence-electron chi connectivity index (χ4n) is 4.62. The molecule has 2 aliphatic heterocycles. The van der Waals surface area contributed by atoms with Gasteiger partial charge in [-0.05, 0) is 67.1 Å². The van der Waals surface area contributed by atoms with Gasteiger partial charge in [-0.3, -0.25) is 9.59 Å². The number of amides is 2. The molecule has 0 radical (unpaired) electrons. The Labute approximate surface area is 205 Å². The second kappa shape index (κ2) is 10.8. The van der Waals surface area contributed by atoms with Crippen LogP contribution in [0.25, 0.3) is 6.08 Å². The lowest BCUT2D eigenvalue weighted by atomic mass is 9.92. The van der Waals surface area contributed by atoms with Crippen LogP contribution in [0.2, 0.25) is 5.02 Å². The van der Waals surface area contributed by atoms with Gasteiger partial charge in [-0.1, -0.05) is 55.4 Å². The minimum atomic E-state index is -0.199. The number of carbonyl (C=O) groups is 2. The highest BCUT2D eigenvalue weighted by molar-refractivity contribution is 8.04. The number of anilines is 1. The molecule has 33 heavy (non-hydrogen) atoms. The summed E-state index contributed by atoms with van der Waals surface area (Å²) in [6.45, 7) is 8.56. The van der Waals surface area contributed by atoms with Gasteiger partial charge in [0.2, 0.25) is 0 Å². The van der Waals surface area contributed by atoms with E-state index in [1.807, 2.05) is 24.3 Å². The number of hydrogen-bond acceptors (Lipinski definition) is 4. The number of rotatable bonds is 6. The number of carbonyl (C=O) groups excluding carboxylic acids is 2. The highest BCUT2D eigenvalue weighted by Crippen LogP contribution is 2.39. The van der Waals surface area contributed by atoms with Crippen molar-refractivity contribution in [2.45, 2.75) is 31.6 Å². The zero-order valence-electron chi connectivity index (χ0n) is 19.1. The zero-order valence-corrected chi connectivity index (χ0v) is 20.6. The summed E-state index contributed by atoms with van der Waals surface area (Å²) in [6, 6.07) is 12.8. The summed E-state index contributed by atoms with van der Waals surface area (Å²) in [5, 5.41) is 6.52. The molecule has 2 N–H and O–H groups in total. The summed E-state index contributed by atoms with van der Waals surface area (Å²) < 4.78 is 0. The van der Waals surface area contributed by atoms with Crippen LogP contribution in [-0.2, 0) is 4.79 Å². The number of thioether (sulfide) groups is 1. The lowest BCUT2D eigenvalue weighted by Crippen LogP contribution is -2.40. The maximum Gasteiger partial charge on any atom is 0.262 e. The first kappa shape index (κ1) is 23.9. The SMILES string of the molecule is C[C@@H]1C[C@@H](C)CN(CCCNC(=O)c2ccc3c(c2)NC(=O)/C(=C\c2ccccc2Cl)S3)C1. The normalized spacial score (nSPS) is 22.0. The summed E-state index contributed by atoms with van der Waals surface area (Å²) in [5.74, 6) is 1.17. The van der Waals surface area contributed by atoms with Gasteiger partial charge < -0.3 is 15.5 Å². The number of piperidine rings is 1. The van der Waals surface area contributed by atoms with E-state index in [1.54, 1.807) is 24.3 Å². The molecule has 5 nitrogen and oxygen atoms in total. The number of nitrogens with one attached hydrogen (secondary N) is 2. The first-order valence-electron chi connectivity index (χ1n) is 11.5. The molecule has 0 aromatic heterocycles. The van der Waals surface area contributed by atoms with Gasteiger partial charge in [0.25, 0.3) is 11.8 Å². The highest BCUT2D eigenvalue weighted by Gasteiger charge is 2.23. The Hall–Kier alpha value is -2.28. The lowest BCUT2D eigenvalue weighted by molar-refractivity contribution is -0.112. The largest absolute Gasteiger partial charge is 0.352 e. The van der Waals surface area contributed by atoms with Crippen LogP contribution < -0.4 is 10.6 Å². The van der Waals surface area contributed by atoms with Crippen LogP contribution in [0.15, 0.2) is 52.3 Å². The van der Waals surface area contributed by atoms with E-state index < -0.39 is 0 Å². The Kier molecular flexibility index (Phi) is 7.78. The van der Waals surface area contributed by atoms with Crippen molar-refractivity contribution in [3.63, 3.8) is 0 Å². The quantitative estimate of drug-likeness (QED) is 0.419. The van der Waals surface area contributed by atoms with Crippen molar-refractivity contribution in [2.75, 3.05) is 31.5 Å². The molecule has 7 heteroatoms. The number of likely N-dealkylation sites (tertiary alicyclic amines) is 1. The predicted octanol–water partition coefficient (Wildman–Crippen LogP) is 5.52. The lowest BCUT2D eigenvalue weighted by Gasteiger charge is -2.34. The molecule has 0 aliphatic carbocycles. The third-order valence-corrected chi connectivity index (χ3v) is 7.45. The molecule has 0 saturated carbocycles. The average Bonchev–Trinajstić information content (AvgIpc) is 2.77. The predicted molar refractivity (Wildman–Crippen MR) is 137 cm³/mol. The third-order valence-electron chi connectivity index (χ3n) is 6.01. The summed E-state index contributed by atoms with van der Waals surface area (Å²) in [7, 11) is 0. The van der Waals surface area contributed by atoms with E-state index in [2.05, 4.69) is 29.4 Å². The molecule has 174 valence electrons. The summed E-state index contributed by atoms with van der Waals surface area (Å²) >= 11 is 7.60. The van der Waals surface area contributed by atoms with Crippen molar-refractivity contribution in [1.29, 1.82) is 0 Å². The van der Waals surface area contributed by atoms with Crippen molar-refractivity contribution in [1.82, 2.24) is 10.2 Å². The fourth-order valence-corrected chi connectivity index (χ4v) is 5.73. The molecular weight excluding hydrogens is 454 g/mol. The number of nitrogens with zero attached hydrogens (tertiary/aromatic N) is 1. The molecule has 2 aliphatic rings. The number of halogens is 1. The van der Waals surface area contributed by atoms with Gasteiger partial charge in [-0.2, -0.15) is 0 Å². The van der Waals surface area contributed by atoms with E-state index in [-0.39, 0.29) is 11.8 Å². The smallest absolute Gasteiger partial charge is 0.262 e. The zero-order chi connectivity index (χ0) is 23.4. The van der Waals surface area contributed by atoms with Gasteiger partial charge in [0.05, 0.1) is 10.6 Å². The summed E-state index contributed by atoms with van der Waals surface area (Å²) in [6.07, 6.45) is 4.02. The van der Waals surface area contributed by atoms with Gasteiger partial charge in [-0.25, -0.2) is 0 Å². The Morgan fingerprint density at radius 1 is 1.21 bits per heavy atom. The number of hydrogen-bond donors (Lipinski definition) is 2. The van der Waals surface area contributed by atoms with Crippen molar-refractivity contribution in [3.05, 3.63) is 63.5 Å². The Morgan fingerprint density at radius 3 is 2.73 bits per heavy atom. The van der Waals surface area contributed by atoms with Gasteiger partial charge in [-0.15, -0.1) is 0 Å². The van der Waals surface area contributed by atoms with E-state index in [0.717, 1.165) is 48.3 Å². The molecule has 2 heterocycles. The van der Waals surface area contributed by atoms with E-state index in [0.29, 0.717) is 27.7 Å². The van der Waals surface area contributed by atoms with Crippen LogP contribution in [0.4, 0.5) is 5.69 Å². The first-order valence-corrected chi connectivity index (χ1v) is 12.7. The van der Waals surface area contributed by atoms with Crippen LogP contribution in [0.3, 0.4) is 0 Å². The van der Waals surface area contributed by atoms with E-state index in [4.69, 9.17) is 11.6 Å². The Bertz CT molecular complexity index is 1060. The summed E-state index contributed by atoms with van der Waals surface area (Å²) in [5.41, 5.74) is 2.00. The number of fused-ring (bicyclic) bond motifs is 1. The maximum atomic E-state index is 12.6. The summed E-state index contributed by atoms with van der Waals surface area (Å²) in [4.78, 5) is 29.2. The molecular formula is C26H30ClN3O2S. The minimum Gasteiger partial charge on any atom is -0.352 e.